The van der Waals surface area contributed by atoms with E-state index in [9.17, 15) is 22.8 Å². The molecule has 0 atom stereocenters. The Labute approximate surface area is 161 Å². The zero-order chi connectivity index (χ0) is 20.8. The van der Waals surface area contributed by atoms with Gasteiger partial charge in [-0.05, 0) is 23.3 Å². The molecule has 2 aromatic carbocycles. The third-order valence-electron chi connectivity index (χ3n) is 4.65. The Balaban J connectivity index is 2.04. The molecule has 0 fully saturated rings. The number of methoxy groups -OCH3 is 1. The fourth-order valence-corrected chi connectivity index (χ4v) is 3.40. The molecule has 0 unspecified atom stereocenters. The van der Waals surface area contributed by atoms with Crippen LogP contribution >= 0.6 is 0 Å². The monoisotopic (exact) mass is 401 g/mol. The Bertz CT molecular complexity index is 1310. The Morgan fingerprint density at radius 2 is 1.93 bits per heavy atom. The van der Waals surface area contributed by atoms with Gasteiger partial charge in [0.05, 0.1) is 35.3 Å². The second-order valence-electron chi connectivity index (χ2n) is 6.43. The van der Waals surface area contributed by atoms with Crippen molar-refractivity contribution in [3.63, 3.8) is 0 Å². The summed E-state index contributed by atoms with van der Waals surface area (Å²) in [4.78, 5) is 24.8. The predicted molar refractivity (Wildman–Crippen MR) is 101 cm³/mol. The lowest BCUT2D eigenvalue weighted by atomic mass is 9.98. The number of pyridine rings is 1. The molecule has 0 amide bonds. The van der Waals surface area contributed by atoms with Crippen LogP contribution < -0.4 is 5.56 Å². The lowest BCUT2D eigenvalue weighted by Crippen LogP contribution is -2.28. The van der Waals surface area contributed by atoms with Gasteiger partial charge in [0.2, 0.25) is 0 Å². The molecule has 6 nitrogen and oxygen atoms in total. The summed E-state index contributed by atoms with van der Waals surface area (Å²) < 4.78 is 45.0. The number of aromatic nitrogens is 3. The van der Waals surface area contributed by atoms with Gasteiger partial charge in [-0.2, -0.15) is 18.3 Å². The molecule has 4 aromatic rings. The Morgan fingerprint density at radius 1 is 1.17 bits per heavy atom. The largest absolute Gasteiger partial charge is 0.465 e. The molecule has 0 aliphatic carbocycles. The Morgan fingerprint density at radius 3 is 2.66 bits per heavy atom. The van der Waals surface area contributed by atoms with Gasteiger partial charge >= 0.3 is 12.1 Å². The van der Waals surface area contributed by atoms with Gasteiger partial charge < -0.3 is 4.74 Å². The molecule has 0 spiro atoms. The first-order valence-electron chi connectivity index (χ1n) is 8.54. The van der Waals surface area contributed by atoms with Crippen molar-refractivity contribution in [1.82, 2.24) is 14.8 Å². The molecule has 1 N–H and O–H groups in total. The van der Waals surface area contributed by atoms with E-state index in [0.29, 0.717) is 26.6 Å². The molecule has 29 heavy (non-hydrogen) atoms. The van der Waals surface area contributed by atoms with Crippen LogP contribution in [0.5, 0.6) is 0 Å². The van der Waals surface area contributed by atoms with Crippen LogP contribution in [0.2, 0.25) is 0 Å². The van der Waals surface area contributed by atoms with Crippen LogP contribution in [0.1, 0.15) is 10.4 Å². The first kappa shape index (κ1) is 18.7. The zero-order valence-electron chi connectivity index (χ0n) is 15.1. The summed E-state index contributed by atoms with van der Waals surface area (Å²) in [5.74, 6) is -0.572. The highest BCUT2D eigenvalue weighted by atomic mass is 19.4. The number of halogens is 3. The number of rotatable bonds is 3. The second-order valence-corrected chi connectivity index (χ2v) is 6.43. The number of fused-ring (bicyclic) bond motifs is 3. The molecule has 4 rings (SSSR count). The minimum atomic E-state index is -4.59. The van der Waals surface area contributed by atoms with Crippen LogP contribution in [-0.4, -0.2) is 34.0 Å². The van der Waals surface area contributed by atoms with Gasteiger partial charge in [0.15, 0.2) is 0 Å². The zero-order valence-corrected chi connectivity index (χ0v) is 15.1. The smallest absolute Gasteiger partial charge is 0.406 e. The number of aromatic amines is 1. The maximum absolute atomic E-state index is 13.2. The summed E-state index contributed by atoms with van der Waals surface area (Å²) >= 11 is 0. The quantitative estimate of drug-likeness (QED) is 0.529. The summed E-state index contributed by atoms with van der Waals surface area (Å²) in [6.07, 6.45) is -3.38. The first-order chi connectivity index (χ1) is 13.8. The fourth-order valence-electron chi connectivity index (χ4n) is 3.40. The lowest BCUT2D eigenvalue weighted by molar-refractivity contribution is -0.140. The highest BCUT2D eigenvalue weighted by Crippen LogP contribution is 2.30. The van der Waals surface area contributed by atoms with Crippen molar-refractivity contribution in [3.8, 4) is 11.1 Å². The molecule has 0 bridgehead atoms. The molecular weight excluding hydrogens is 387 g/mol. The lowest BCUT2D eigenvalue weighted by Gasteiger charge is -2.15. The van der Waals surface area contributed by atoms with Crippen LogP contribution in [0.15, 0.2) is 53.5 Å². The normalized spacial score (nSPS) is 11.9. The van der Waals surface area contributed by atoms with Crippen LogP contribution in [0, 0.1) is 0 Å². The van der Waals surface area contributed by atoms with Gasteiger partial charge in [-0.15, -0.1) is 0 Å². The molecule has 2 aromatic heterocycles. The molecule has 0 aliphatic heterocycles. The summed E-state index contributed by atoms with van der Waals surface area (Å²) in [5.41, 5.74) is 0.876. The fraction of sp³-hybridized carbons (Fsp3) is 0.150. The van der Waals surface area contributed by atoms with E-state index < -0.39 is 24.2 Å². The Hall–Kier alpha value is -3.62. The predicted octanol–water partition coefficient (Wildman–Crippen LogP) is 3.89. The first-order valence-corrected chi connectivity index (χ1v) is 8.54. The third kappa shape index (κ3) is 3.24. The number of hydrogen-bond donors (Lipinski definition) is 1. The minimum Gasteiger partial charge on any atom is -0.465 e. The molecule has 0 radical (unpaired) electrons. The van der Waals surface area contributed by atoms with Crippen molar-refractivity contribution in [1.29, 1.82) is 0 Å². The molecule has 148 valence electrons. The molecule has 9 heteroatoms. The molecule has 0 saturated heterocycles. The molecule has 0 aliphatic rings. The van der Waals surface area contributed by atoms with Gasteiger partial charge in [-0.25, -0.2) is 4.79 Å². The maximum Gasteiger partial charge on any atom is 0.406 e. The van der Waals surface area contributed by atoms with Crippen molar-refractivity contribution in [2.24, 2.45) is 0 Å². The number of nitrogens with zero attached hydrogens (tertiary/aromatic N) is 2. The average molecular weight is 401 g/mol. The van der Waals surface area contributed by atoms with Gasteiger partial charge in [-0.1, -0.05) is 30.3 Å². The van der Waals surface area contributed by atoms with E-state index in [2.05, 4.69) is 10.2 Å². The van der Waals surface area contributed by atoms with Gasteiger partial charge in [0.1, 0.15) is 6.54 Å². The van der Waals surface area contributed by atoms with E-state index >= 15 is 0 Å². The van der Waals surface area contributed by atoms with Crippen LogP contribution in [-0.2, 0) is 11.3 Å². The standard InChI is InChI=1S/C20H14F3N3O3/c1-29-19(28)13-5-3-2-4-12(13)11-6-7-14-16(8-11)26(10-20(21,22)23)18(27)15-9-24-25-17(14)15/h2-9H,10H2,1H3,(H,24,25). The van der Waals surface area contributed by atoms with E-state index in [1.54, 1.807) is 36.4 Å². The topological polar surface area (TPSA) is 77.0 Å². The van der Waals surface area contributed by atoms with Crippen molar-refractivity contribution >= 4 is 27.8 Å². The number of alkyl halides is 3. The summed E-state index contributed by atoms with van der Waals surface area (Å²) in [6.45, 7) is -1.44. The van der Waals surface area contributed by atoms with E-state index in [1.165, 1.54) is 19.4 Å². The van der Waals surface area contributed by atoms with Crippen molar-refractivity contribution in [3.05, 3.63) is 64.6 Å². The number of hydrogen-bond acceptors (Lipinski definition) is 4. The van der Waals surface area contributed by atoms with Crippen LogP contribution in [0.4, 0.5) is 13.2 Å². The maximum atomic E-state index is 13.2. The number of H-pyrrole nitrogens is 1. The number of carbonyl (C=O) groups excluding carboxylic acids is 1. The van der Waals surface area contributed by atoms with Gasteiger partial charge in [0.25, 0.3) is 5.56 Å². The number of ether oxygens (including phenoxy) is 1. The second kappa shape index (κ2) is 6.77. The van der Waals surface area contributed by atoms with Crippen molar-refractivity contribution < 1.29 is 22.7 Å². The Kier molecular flexibility index (Phi) is 4.37. The number of esters is 1. The van der Waals surface area contributed by atoms with Crippen LogP contribution in [0.25, 0.3) is 32.9 Å². The van der Waals surface area contributed by atoms with E-state index in [1.807, 2.05) is 0 Å². The molecule has 2 heterocycles. The van der Waals surface area contributed by atoms with Gasteiger partial charge in [0, 0.05) is 5.39 Å². The SMILES string of the molecule is COC(=O)c1ccccc1-c1ccc2c3[nH]ncc3c(=O)n(CC(F)(F)F)c2c1. The third-order valence-corrected chi connectivity index (χ3v) is 4.65. The van der Waals surface area contributed by atoms with Crippen LogP contribution in [0.3, 0.4) is 0 Å². The minimum absolute atomic E-state index is 0.0736. The van der Waals surface area contributed by atoms with E-state index in [0.717, 1.165) is 0 Å². The summed E-state index contributed by atoms with van der Waals surface area (Å²) in [6, 6.07) is 11.3. The van der Waals surface area contributed by atoms with E-state index in [-0.39, 0.29) is 16.5 Å². The van der Waals surface area contributed by atoms with Gasteiger partial charge in [-0.3, -0.25) is 14.5 Å². The summed E-state index contributed by atoms with van der Waals surface area (Å²) in [5, 5.41) is 6.96. The van der Waals surface area contributed by atoms with Crippen molar-refractivity contribution in [2.45, 2.75) is 12.7 Å². The van der Waals surface area contributed by atoms with Crippen molar-refractivity contribution in [2.75, 3.05) is 7.11 Å². The summed E-state index contributed by atoms with van der Waals surface area (Å²) in [7, 11) is 1.25. The molecular formula is C20H14F3N3O3. The number of carbonyl (C=O) groups is 1. The molecule has 0 saturated carbocycles. The average Bonchev–Trinajstić information content (AvgIpc) is 3.19. The number of nitrogens with one attached hydrogen (secondary N) is 1. The van der Waals surface area contributed by atoms with E-state index in [4.69, 9.17) is 4.74 Å². The highest BCUT2D eigenvalue weighted by molar-refractivity contribution is 6.05. The highest BCUT2D eigenvalue weighted by Gasteiger charge is 2.30. The number of benzene rings is 2.